The van der Waals surface area contributed by atoms with Crippen LogP contribution in [0.25, 0.3) is 0 Å². The zero-order chi connectivity index (χ0) is 20.1. The Morgan fingerprint density at radius 2 is 2.14 bits per heavy atom. The number of aryl methyl sites for hydroxylation is 1. The molecule has 1 amide bonds. The van der Waals surface area contributed by atoms with Crippen molar-refractivity contribution in [1.29, 1.82) is 0 Å². The number of hydrogen-bond donors (Lipinski definition) is 1. The van der Waals surface area contributed by atoms with Crippen LogP contribution in [-0.2, 0) is 11.3 Å². The lowest BCUT2D eigenvalue weighted by atomic mass is 9.95. The number of carbonyl (C=O) groups is 1. The van der Waals surface area contributed by atoms with Gasteiger partial charge in [0.1, 0.15) is 5.75 Å². The second-order valence-corrected chi connectivity index (χ2v) is 8.15. The van der Waals surface area contributed by atoms with E-state index in [1.165, 1.54) is 12.1 Å². The van der Waals surface area contributed by atoms with Gasteiger partial charge in [-0.2, -0.15) is 8.78 Å². The third-order valence-corrected chi connectivity index (χ3v) is 5.77. The summed E-state index contributed by atoms with van der Waals surface area (Å²) in [6, 6.07) is 6.18. The fraction of sp³-hybridized carbons (Fsp3) is 0.500. The van der Waals surface area contributed by atoms with Crippen molar-refractivity contribution in [2.24, 2.45) is 5.92 Å². The molecule has 0 aliphatic carbocycles. The van der Waals surface area contributed by atoms with Gasteiger partial charge in [-0.15, -0.1) is 11.3 Å². The predicted molar refractivity (Wildman–Crippen MR) is 104 cm³/mol. The van der Waals surface area contributed by atoms with Crippen molar-refractivity contribution >= 4 is 17.2 Å². The minimum Gasteiger partial charge on any atom is -0.435 e. The number of carbonyl (C=O) groups excluding carboxylic acids is 1. The van der Waals surface area contributed by atoms with Gasteiger partial charge in [-0.3, -0.25) is 9.69 Å². The molecule has 2 aromatic rings. The number of aromatic nitrogens is 1. The van der Waals surface area contributed by atoms with E-state index in [1.807, 2.05) is 13.8 Å². The average Bonchev–Trinajstić information content (AvgIpc) is 3.06. The Balaban J connectivity index is 1.48. The molecular formula is C20H25F2N3O2S. The molecule has 0 bridgehead atoms. The Labute approximate surface area is 167 Å². The van der Waals surface area contributed by atoms with E-state index < -0.39 is 6.61 Å². The highest BCUT2D eigenvalue weighted by atomic mass is 32.1. The van der Waals surface area contributed by atoms with Gasteiger partial charge in [0, 0.05) is 17.8 Å². The number of benzene rings is 1. The molecule has 152 valence electrons. The molecule has 0 spiro atoms. The topological polar surface area (TPSA) is 54.5 Å². The van der Waals surface area contributed by atoms with Crippen LogP contribution in [0.3, 0.4) is 0 Å². The van der Waals surface area contributed by atoms with Gasteiger partial charge in [0.05, 0.1) is 16.7 Å². The zero-order valence-electron chi connectivity index (χ0n) is 16.0. The summed E-state index contributed by atoms with van der Waals surface area (Å²) in [5.74, 6) is 0.0763. The fourth-order valence-corrected chi connectivity index (χ4v) is 4.04. The normalized spacial score (nSPS) is 16.9. The number of amides is 1. The summed E-state index contributed by atoms with van der Waals surface area (Å²) in [4.78, 5) is 19.4. The van der Waals surface area contributed by atoms with E-state index in [-0.39, 0.29) is 23.6 Å². The lowest BCUT2D eigenvalue weighted by Crippen LogP contribution is -2.40. The highest BCUT2D eigenvalue weighted by Crippen LogP contribution is 2.23. The molecule has 1 N–H and O–H groups in total. The lowest BCUT2D eigenvalue weighted by molar-refractivity contribution is -0.127. The maximum atomic E-state index is 12.6. The van der Waals surface area contributed by atoms with Crippen molar-refractivity contribution in [2.45, 2.75) is 45.9 Å². The summed E-state index contributed by atoms with van der Waals surface area (Å²) in [5.41, 5.74) is 1.83. The summed E-state index contributed by atoms with van der Waals surface area (Å²) < 4.78 is 29.2. The Bertz CT molecular complexity index is 791. The molecule has 1 fully saturated rings. The number of nitrogens with zero attached hydrogens (tertiary/aromatic N) is 2. The molecule has 1 aliphatic rings. The van der Waals surface area contributed by atoms with Crippen LogP contribution in [0.4, 0.5) is 8.78 Å². The highest BCUT2D eigenvalue weighted by Gasteiger charge is 2.26. The first kappa shape index (κ1) is 20.7. The first-order chi connectivity index (χ1) is 13.4. The van der Waals surface area contributed by atoms with Gasteiger partial charge in [-0.05, 0) is 57.5 Å². The minimum atomic E-state index is -2.86. The molecule has 1 aromatic carbocycles. The van der Waals surface area contributed by atoms with Crippen molar-refractivity contribution in [3.8, 4) is 5.75 Å². The number of nitrogens with one attached hydrogen (secondary N) is 1. The van der Waals surface area contributed by atoms with Gasteiger partial charge >= 0.3 is 6.61 Å². The largest absolute Gasteiger partial charge is 0.435 e. The quantitative estimate of drug-likeness (QED) is 0.747. The zero-order valence-corrected chi connectivity index (χ0v) is 16.8. The highest BCUT2D eigenvalue weighted by molar-refractivity contribution is 7.09. The molecule has 5 nitrogen and oxygen atoms in total. The molecule has 1 aromatic heterocycles. The molecule has 1 saturated heterocycles. The summed E-state index contributed by atoms with van der Waals surface area (Å²) in [7, 11) is 0. The summed E-state index contributed by atoms with van der Waals surface area (Å²) >= 11 is 1.65. The van der Waals surface area contributed by atoms with Gasteiger partial charge in [0.15, 0.2) is 0 Å². The van der Waals surface area contributed by atoms with Crippen LogP contribution in [0.5, 0.6) is 5.75 Å². The van der Waals surface area contributed by atoms with Gasteiger partial charge in [-0.1, -0.05) is 12.1 Å². The van der Waals surface area contributed by atoms with Crippen LogP contribution < -0.4 is 10.1 Å². The first-order valence-electron chi connectivity index (χ1n) is 9.39. The number of likely N-dealkylation sites (tertiary alicyclic amines) is 1. The van der Waals surface area contributed by atoms with Gasteiger partial charge in [0.25, 0.3) is 0 Å². The van der Waals surface area contributed by atoms with E-state index in [1.54, 1.807) is 23.5 Å². The standard InChI is InChI=1S/C20H25F2N3O2S/c1-13(16-4-3-5-18(10-16)27-20(21)22)23-19(26)15-6-8-25(9-7-15)11-17-12-28-14(2)24-17/h3-5,10,12-13,15,20H,6-9,11H2,1-2H3,(H,23,26). The monoisotopic (exact) mass is 409 g/mol. The number of halogens is 2. The molecule has 1 atom stereocenters. The fourth-order valence-electron chi connectivity index (χ4n) is 3.44. The van der Waals surface area contributed by atoms with Crippen LogP contribution >= 0.6 is 11.3 Å². The average molecular weight is 410 g/mol. The number of alkyl halides is 2. The van der Waals surface area contributed by atoms with Gasteiger partial charge in [0.2, 0.25) is 5.91 Å². The molecule has 1 unspecified atom stereocenters. The maximum absolute atomic E-state index is 12.6. The van der Waals surface area contributed by atoms with E-state index in [0.29, 0.717) is 0 Å². The van der Waals surface area contributed by atoms with Crippen molar-refractivity contribution in [1.82, 2.24) is 15.2 Å². The second kappa shape index (κ2) is 9.43. The summed E-state index contributed by atoms with van der Waals surface area (Å²) in [5, 5.41) is 6.16. The van der Waals surface area contributed by atoms with Crippen molar-refractivity contribution in [2.75, 3.05) is 13.1 Å². The predicted octanol–water partition coefficient (Wildman–Crippen LogP) is 4.14. The Hall–Kier alpha value is -2.06. The third kappa shape index (κ3) is 5.72. The number of rotatable bonds is 7. The smallest absolute Gasteiger partial charge is 0.387 e. The van der Waals surface area contributed by atoms with Crippen molar-refractivity contribution < 1.29 is 18.3 Å². The minimum absolute atomic E-state index is 0.0110. The SMILES string of the molecule is Cc1nc(CN2CCC(C(=O)NC(C)c3cccc(OC(F)F)c3)CC2)cs1. The Kier molecular flexibility index (Phi) is 6.96. The number of ether oxygens (including phenoxy) is 1. The second-order valence-electron chi connectivity index (χ2n) is 7.09. The summed E-state index contributed by atoms with van der Waals surface area (Å²) in [6.07, 6.45) is 1.60. The molecular weight excluding hydrogens is 384 g/mol. The van der Waals surface area contributed by atoms with E-state index >= 15 is 0 Å². The van der Waals surface area contributed by atoms with Crippen molar-refractivity contribution in [3.63, 3.8) is 0 Å². The molecule has 28 heavy (non-hydrogen) atoms. The molecule has 8 heteroatoms. The molecule has 0 radical (unpaired) electrons. The molecule has 3 rings (SSSR count). The van der Waals surface area contributed by atoms with Crippen LogP contribution in [0.2, 0.25) is 0 Å². The van der Waals surface area contributed by atoms with E-state index in [0.717, 1.165) is 48.7 Å². The van der Waals surface area contributed by atoms with Crippen molar-refractivity contribution in [3.05, 3.63) is 45.9 Å². The van der Waals surface area contributed by atoms with E-state index in [4.69, 9.17) is 0 Å². The first-order valence-corrected chi connectivity index (χ1v) is 10.3. The van der Waals surface area contributed by atoms with Crippen LogP contribution in [0.15, 0.2) is 29.6 Å². The third-order valence-electron chi connectivity index (χ3n) is 4.95. The number of piperidine rings is 1. The van der Waals surface area contributed by atoms with Gasteiger partial charge in [-0.25, -0.2) is 4.98 Å². The molecule has 0 saturated carbocycles. The number of thiazole rings is 1. The maximum Gasteiger partial charge on any atom is 0.387 e. The van der Waals surface area contributed by atoms with Crippen LogP contribution in [-0.4, -0.2) is 35.5 Å². The van der Waals surface area contributed by atoms with Gasteiger partial charge < -0.3 is 10.1 Å². The molecule has 1 aliphatic heterocycles. The van der Waals surface area contributed by atoms with E-state index in [2.05, 4.69) is 25.3 Å². The Morgan fingerprint density at radius 3 is 2.79 bits per heavy atom. The number of hydrogen-bond acceptors (Lipinski definition) is 5. The van der Waals surface area contributed by atoms with Crippen LogP contribution in [0, 0.1) is 12.8 Å². The van der Waals surface area contributed by atoms with E-state index in [9.17, 15) is 13.6 Å². The molecule has 2 heterocycles. The van der Waals surface area contributed by atoms with Crippen LogP contribution in [0.1, 0.15) is 42.1 Å². The lowest BCUT2D eigenvalue weighted by Gasteiger charge is -2.31. The summed E-state index contributed by atoms with van der Waals surface area (Å²) in [6.45, 7) is 3.53. The Morgan fingerprint density at radius 1 is 1.39 bits per heavy atom.